The Morgan fingerprint density at radius 2 is 2.00 bits per heavy atom. The van der Waals surface area contributed by atoms with Gasteiger partial charge in [0, 0.05) is 18.1 Å². The lowest BCUT2D eigenvalue weighted by molar-refractivity contribution is -0.122. The third kappa shape index (κ3) is 4.12. The first-order valence-corrected chi connectivity index (χ1v) is 10.00. The van der Waals surface area contributed by atoms with Crippen LogP contribution in [-0.2, 0) is 4.79 Å². The zero-order valence-corrected chi connectivity index (χ0v) is 16.9. The molecule has 0 bridgehead atoms. The number of fused-ring (bicyclic) bond motifs is 1. The van der Waals surface area contributed by atoms with Crippen molar-refractivity contribution in [2.45, 2.75) is 0 Å². The van der Waals surface area contributed by atoms with Gasteiger partial charge in [0.05, 0.1) is 10.5 Å². The predicted octanol–water partition coefficient (Wildman–Crippen LogP) is 3.67. The van der Waals surface area contributed by atoms with E-state index >= 15 is 0 Å². The normalized spacial score (nSPS) is 16.5. The molecule has 10 heteroatoms. The Morgan fingerprint density at radius 3 is 2.83 bits per heavy atom. The first-order chi connectivity index (χ1) is 14.4. The van der Waals surface area contributed by atoms with E-state index in [9.17, 15) is 18.8 Å². The zero-order valence-electron chi connectivity index (χ0n) is 15.3. The van der Waals surface area contributed by atoms with Crippen LogP contribution in [0, 0.1) is 5.82 Å². The van der Waals surface area contributed by atoms with Crippen molar-refractivity contribution in [1.29, 1.82) is 0 Å². The monoisotopic (exact) mass is 448 g/mol. The average molecular weight is 449 g/mol. The lowest BCUT2D eigenvalue weighted by atomic mass is 10.2. The molecule has 2 aliphatic heterocycles. The first-order valence-electron chi connectivity index (χ1n) is 8.80. The number of carbonyl (C=O) groups is 3. The zero-order chi connectivity index (χ0) is 21.3. The van der Waals surface area contributed by atoms with Crippen LogP contribution in [-0.4, -0.2) is 41.8 Å². The number of halogens is 2. The summed E-state index contributed by atoms with van der Waals surface area (Å²) in [7, 11) is 0. The van der Waals surface area contributed by atoms with Gasteiger partial charge in [0.25, 0.3) is 17.1 Å². The van der Waals surface area contributed by atoms with Crippen molar-refractivity contribution < 1.29 is 28.2 Å². The van der Waals surface area contributed by atoms with Crippen LogP contribution < -0.4 is 14.8 Å². The number of amides is 3. The molecule has 154 valence electrons. The van der Waals surface area contributed by atoms with E-state index in [1.807, 2.05) is 0 Å². The Bertz CT molecular complexity index is 1090. The van der Waals surface area contributed by atoms with E-state index in [2.05, 4.69) is 5.32 Å². The number of hydrogen-bond acceptors (Lipinski definition) is 6. The molecule has 2 aromatic carbocycles. The Kier molecular flexibility index (Phi) is 5.65. The van der Waals surface area contributed by atoms with Gasteiger partial charge in [-0.25, -0.2) is 4.39 Å². The van der Waals surface area contributed by atoms with Crippen LogP contribution >= 0.6 is 23.4 Å². The second-order valence-corrected chi connectivity index (χ2v) is 7.76. The fourth-order valence-corrected chi connectivity index (χ4v) is 3.93. The van der Waals surface area contributed by atoms with Crippen molar-refractivity contribution in [2.24, 2.45) is 0 Å². The van der Waals surface area contributed by atoms with E-state index in [0.717, 1.165) is 22.7 Å². The van der Waals surface area contributed by atoms with Crippen molar-refractivity contribution in [3.8, 4) is 11.5 Å². The number of rotatable bonds is 5. The van der Waals surface area contributed by atoms with E-state index in [1.165, 1.54) is 12.1 Å². The molecule has 7 nitrogen and oxygen atoms in total. The quantitative estimate of drug-likeness (QED) is 0.702. The minimum atomic E-state index is -0.713. The van der Waals surface area contributed by atoms with Gasteiger partial charge >= 0.3 is 0 Å². The summed E-state index contributed by atoms with van der Waals surface area (Å²) in [6.07, 6.45) is 1.59. The van der Waals surface area contributed by atoms with Gasteiger partial charge < -0.3 is 14.8 Å². The lowest BCUT2D eigenvalue weighted by Crippen LogP contribution is -2.37. The summed E-state index contributed by atoms with van der Waals surface area (Å²) in [5, 5.41) is 2.26. The van der Waals surface area contributed by atoms with Gasteiger partial charge in [-0.05, 0) is 53.7 Å². The summed E-state index contributed by atoms with van der Waals surface area (Å²) in [5.74, 6) is -0.676. The van der Waals surface area contributed by atoms with E-state index < -0.39 is 22.9 Å². The molecule has 30 heavy (non-hydrogen) atoms. The lowest BCUT2D eigenvalue weighted by Gasteiger charge is -2.13. The molecule has 2 aromatic rings. The molecular formula is C20H14ClFN2O5S. The summed E-state index contributed by atoms with van der Waals surface area (Å²) in [6, 6.07) is 8.83. The molecule has 0 saturated carbocycles. The average Bonchev–Trinajstić information content (AvgIpc) is 3.29. The molecule has 0 aromatic heterocycles. The maximum absolute atomic E-state index is 13.7. The summed E-state index contributed by atoms with van der Waals surface area (Å²) >= 11 is 6.59. The van der Waals surface area contributed by atoms with Crippen LogP contribution in [0.25, 0.3) is 6.08 Å². The summed E-state index contributed by atoms with van der Waals surface area (Å²) in [4.78, 5) is 38.2. The summed E-state index contributed by atoms with van der Waals surface area (Å²) < 4.78 is 24.3. The van der Waals surface area contributed by atoms with E-state index in [4.69, 9.17) is 21.1 Å². The second kappa shape index (κ2) is 8.37. The number of imide groups is 1. The van der Waals surface area contributed by atoms with Gasteiger partial charge in [-0.2, -0.15) is 0 Å². The fraction of sp³-hybridized carbons (Fsp3) is 0.150. The van der Waals surface area contributed by atoms with Crippen molar-refractivity contribution in [3.05, 3.63) is 63.3 Å². The number of nitrogens with zero attached hydrogens (tertiary/aromatic N) is 1. The number of nitrogens with one attached hydrogen (secondary N) is 1. The highest BCUT2D eigenvalue weighted by Gasteiger charge is 2.34. The first kappa shape index (κ1) is 20.2. The maximum Gasteiger partial charge on any atom is 0.293 e. The number of carbonyl (C=O) groups excluding carboxylic acids is 3. The molecule has 2 heterocycles. The SMILES string of the molecule is O=C(NCCN1C(=O)S/C(=C\c2ccc3c(c2)OCO3)C1=O)c1cc(Cl)ccc1F. The van der Waals surface area contributed by atoms with E-state index in [-0.39, 0.29) is 35.4 Å². The van der Waals surface area contributed by atoms with Crippen LogP contribution in [0.2, 0.25) is 5.02 Å². The van der Waals surface area contributed by atoms with E-state index in [0.29, 0.717) is 17.1 Å². The van der Waals surface area contributed by atoms with Gasteiger partial charge in [0.2, 0.25) is 6.79 Å². The molecule has 4 rings (SSSR count). The van der Waals surface area contributed by atoms with Gasteiger partial charge in [-0.1, -0.05) is 17.7 Å². The van der Waals surface area contributed by atoms with Crippen LogP contribution in [0.3, 0.4) is 0 Å². The van der Waals surface area contributed by atoms with Gasteiger partial charge in [0.1, 0.15) is 5.82 Å². The highest BCUT2D eigenvalue weighted by atomic mass is 35.5. The third-order valence-corrected chi connectivity index (χ3v) is 5.50. The molecule has 1 saturated heterocycles. The molecular weight excluding hydrogens is 435 g/mol. The molecule has 2 aliphatic rings. The largest absolute Gasteiger partial charge is 0.454 e. The number of hydrogen-bond donors (Lipinski definition) is 1. The summed E-state index contributed by atoms with van der Waals surface area (Å²) in [5.41, 5.74) is 0.480. The van der Waals surface area contributed by atoms with Crippen LogP contribution in [0.5, 0.6) is 11.5 Å². The smallest absolute Gasteiger partial charge is 0.293 e. The highest BCUT2D eigenvalue weighted by Crippen LogP contribution is 2.36. The molecule has 0 radical (unpaired) electrons. The molecule has 1 N–H and O–H groups in total. The molecule has 0 unspecified atom stereocenters. The topological polar surface area (TPSA) is 84.9 Å². The molecule has 0 aliphatic carbocycles. The van der Waals surface area contributed by atoms with Crippen molar-refractivity contribution in [1.82, 2.24) is 10.2 Å². The van der Waals surface area contributed by atoms with Crippen LogP contribution in [0.15, 0.2) is 41.3 Å². The molecule has 3 amide bonds. The molecule has 1 fully saturated rings. The Hall–Kier alpha value is -3.04. The van der Waals surface area contributed by atoms with Crippen LogP contribution in [0.4, 0.5) is 9.18 Å². The fourth-order valence-electron chi connectivity index (χ4n) is 2.90. The number of benzene rings is 2. The van der Waals surface area contributed by atoms with Crippen LogP contribution in [0.1, 0.15) is 15.9 Å². The van der Waals surface area contributed by atoms with Gasteiger partial charge in [-0.3, -0.25) is 19.3 Å². The third-order valence-electron chi connectivity index (χ3n) is 4.36. The number of thioether (sulfide) groups is 1. The minimum absolute atomic E-state index is 0.0276. The minimum Gasteiger partial charge on any atom is -0.454 e. The van der Waals surface area contributed by atoms with Crippen molar-refractivity contribution >= 4 is 46.5 Å². The second-order valence-electron chi connectivity index (χ2n) is 6.33. The summed E-state index contributed by atoms with van der Waals surface area (Å²) in [6.45, 7) is 0.0668. The maximum atomic E-state index is 13.7. The molecule has 0 spiro atoms. The number of ether oxygens (including phenoxy) is 2. The highest BCUT2D eigenvalue weighted by molar-refractivity contribution is 8.18. The Labute approximate surface area is 179 Å². The standard InChI is InChI=1S/C20H14ClFN2O5S/c21-12-2-3-14(22)13(9-12)18(25)23-5-6-24-19(26)17(30-20(24)27)8-11-1-4-15-16(7-11)29-10-28-15/h1-4,7-9H,5-6,10H2,(H,23,25)/b17-8-. The molecule has 0 atom stereocenters. The predicted molar refractivity (Wildman–Crippen MR) is 109 cm³/mol. The van der Waals surface area contributed by atoms with Gasteiger partial charge in [0.15, 0.2) is 11.5 Å². The van der Waals surface area contributed by atoms with Crippen molar-refractivity contribution in [2.75, 3.05) is 19.9 Å². The Morgan fingerprint density at radius 1 is 1.20 bits per heavy atom. The van der Waals surface area contributed by atoms with Gasteiger partial charge in [-0.15, -0.1) is 0 Å². The van der Waals surface area contributed by atoms with Crippen molar-refractivity contribution in [3.63, 3.8) is 0 Å². The van der Waals surface area contributed by atoms with E-state index in [1.54, 1.807) is 24.3 Å². The Balaban J connectivity index is 1.38.